The van der Waals surface area contributed by atoms with E-state index in [9.17, 15) is 0 Å². The number of hydrogen-bond donors (Lipinski definition) is 2. The summed E-state index contributed by atoms with van der Waals surface area (Å²) in [4.78, 5) is 8.87. The van der Waals surface area contributed by atoms with Gasteiger partial charge in [0.1, 0.15) is 18.7 Å². The van der Waals surface area contributed by atoms with Crippen LogP contribution in [0.1, 0.15) is 45.0 Å². The Hall–Kier alpha value is -2.08. The molecule has 0 atom stereocenters. The highest BCUT2D eigenvalue weighted by atomic mass is 35.5. The van der Waals surface area contributed by atoms with Gasteiger partial charge >= 0.3 is 0 Å². The van der Waals surface area contributed by atoms with Gasteiger partial charge in [0, 0.05) is 30.6 Å². The first-order chi connectivity index (χ1) is 12.5. The largest absolute Gasteiger partial charge is 0.357 e. The maximum atomic E-state index is 6.06. The predicted octanol–water partition coefficient (Wildman–Crippen LogP) is 3.28. The van der Waals surface area contributed by atoms with Gasteiger partial charge in [-0.3, -0.25) is 4.68 Å². The van der Waals surface area contributed by atoms with Crippen molar-refractivity contribution in [2.24, 2.45) is 12.0 Å². The zero-order valence-corrected chi connectivity index (χ0v) is 16.8. The highest BCUT2D eigenvalue weighted by Gasteiger charge is 2.28. The fourth-order valence-electron chi connectivity index (χ4n) is 3.02. The van der Waals surface area contributed by atoms with Crippen LogP contribution < -0.4 is 10.6 Å². The summed E-state index contributed by atoms with van der Waals surface area (Å²) in [5, 5.41) is 11.7. The van der Waals surface area contributed by atoms with Crippen molar-refractivity contribution in [3.63, 3.8) is 0 Å². The molecule has 0 bridgehead atoms. The Morgan fingerprint density at radius 3 is 2.38 bits per heavy atom. The average Bonchev–Trinajstić information content (AvgIpc) is 3.06. The van der Waals surface area contributed by atoms with Gasteiger partial charge in [0.05, 0.1) is 0 Å². The van der Waals surface area contributed by atoms with Crippen LogP contribution in [0.3, 0.4) is 0 Å². The minimum absolute atomic E-state index is 0.0333. The fraction of sp³-hybridized carbons (Fsp3) is 0.526. The van der Waals surface area contributed by atoms with Crippen molar-refractivity contribution in [3.05, 3.63) is 47.0 Å². The Balaban J connectivity index is 2.13. The highest BCUT2D eigenvalue weighted by molar-refractivity contribution is 6.30. The van der Waals surface area contributed by atoms with Gasteiger partial charge in [0.2, 0.25) is 0 Å². The van der Waals surface area contributed by atoms with E-state index in [1.54, 1.807) is 11.0 Å². The van der Waals surface area contributed by atoms with Crippen molar-refractivity contribution in [2.75, 3.05) is 13.1 Å². The van der Waals surface area contributed by atoms with Gasteiger partial charge in [-0.15, -0.1) is 0 Å². The van der Waals surface area contributed by atoms with Gasteiger partial charge in [-0.05, 0) is 37.5 Å². The van der Waals surface area contributed by atoms with Gasteiger partial charge in [-0.25, -0.2) is 9.98 Å². The maximum absolute atomic E-state index is 6.06. The van der Waals surface area contributed by atoms with Crippen LogP contribution in [0.5, 0.6) is 0 Å². The van der Waals surface area contributed by atoms with Crippen LogP contribution in [0, 0.1) is 0 Å². The van der Waals surface area contributed by atoms with E-state index >= 15 is 0 Å². The Bertz CT molecular complexity index is 703. The molecule has 0 amide bonds. The molecule has 6 nitrogen and oxygen atoms in total. The molecule has 142 valence electrons. The van der Waals surface area contributed by atoms with E-state index in [1.807, 2.05) is 19.2 Å². The lowest BCUT2D eigenvalue weighted by atomic mass is 9.76. The molecule has 2 N–H and O–H groups in total. The highest BCUT2D eigenvalue weighted by Crippen LogP contribution is 2.31. The van der Waals surface area contributed by atoms with E-state index < -0.39 is 0 Å². The zero-order chi connectivity index (χ0) is 19.0. The fourth-order valence-corrected chi connectivity index (χ4v) is 3.15. The number of aliphatic imine (C=N–C) groups is 1. The minimum Gasteiger partial charge on any atom is -0.357 e. The summed E-state index contributed by atoms with van der Waals surface area (Å²) in [6, 6.07) is 8.18. The van der Waals surface area contributed by atoms with Crippen molar-refractivity contribution in [1.29, 1.82) is 0 Å². The molecule has 26 heavy (non-hydrogen) atoms. The van der Waals surface area contributed by atoms with E-state index in [0.29, 0.717) is 6.54 Å². The van der Waals surface area contributed by atoms with Crippen molar-refractivity contribution in [2.45, 2.75) is 45.6 Å². The third kappa shape index (κ3) is 4.97. The Morgan fingerprint density at radius 2 is 1.85 bits per heavy atom. The van der Waals surface area contributed by atoms with E-state index in [0.717, 1.165) is 42.7 Å². The number of nitrogens with zero attached hydrogens (tertiary/aromatic N) is 4. The number of rotatable bonds is 8. The number of aromatic nitrogens is 3. The summed E-state index contributed by atoms with van der Waals surface area (Å²) >= 11 is 6.06. The van der Waals surface area contributed by atoms with Crippen LogP contribution in [0.25, 0.3) is 0 Å². The monoisotopic (exact) mass is 376 g/mol. The maximum Gasteiger partial charge on any atom is 0.191 e. The topological polar surface area (TPSA) is 67.1 Å². The van der Waals surface area contributed by atoms with E-state index in [1.165, 1.54) is 5.56 Å². The molecule has 0 spiro atoms. The number of aryl methyl sites for hydroxylation is 1. The van der Waals surface area contributed by atoms with E-state index in [4.69, 9.17) is 11.6 Å². The zero-order valence-electron chi connectivity index (χ0n) is 16.1. The quantitative estimate of drug-likeness (QED) is 0.548. The summed E-state index contributed by atoms with van der Waals surface area (Å²) < 4.78 is 1.74. The SMILES string of the molecule is CCNC(=NCc1ncnn1C)NCC(CC)(CC)c1ccc(Cl)cc1. The number of benzene rings is 1. The van der Waals surface area contributed by atoms with Crippen molar-refractivity contribution < 1.29 is 0 Å². The lowest BCUT2D eigenvalue weighted by Crippen LogP contribution is -2.45. The van der Waals surface area contributed by atoms with Crippen LogP contribution in [-0.4, -0.2) is 33.8 Å². The Labute approximate surface area is 161 Å². The first-order valence-electron chi connectivity index (χ1n) is 9.15. The first-order valence-corrected chi connectivity index (χ1v) is 9.53. The molecule has 0 fully saturated rings. The molecule has 0 saturated heterocycles. The summed E-state index contributed by atoms with van der Waals surface area (Å²) in [6.07, 6.45) is 3.60. The molecule has 0 aliphatic carbocycles. The molecule has 0 aliphatic heterocycles. The number of halogens is 1. The summed E-state index contributed by atoms with van der Waals surface area (Å²) in [5.41, 5.74) is 1.33. The molecular weight excluding hydrogens is 348 g/mol. The van der Waals surface area contributed by atoms with Crippen molar-refractivity contribution in [3.8, 4) is 0 Å². The second-order valence-electron chi connectivity index (χ2n) is 6.34. The van der Waals surface area contributed by atoms with Crippen LogP contribution in [0.4, 0.5) is 0 Å². The van der Waals surface area contributed by atoms with Gasteiger partial charge < -0.3 is 10.6 Å². The predicted molar refractivity (Wildman–Crippen MR) is 108 cm³/mol. The van der Waals surface area contributed by atoms with Gasteiger partial charge in [0.25, 0.3) is 0 Å². The molecule has 1 aromatic heterocycles. The van der Waals surface area contributed by atoms with Crippen LogP contribution in [0.15, 0.2) is 35.6 Å². The molecular formula is C19H29ClN6. The summed E-state index contributed by atoms with van der Waals surface area (Å²) in [7, 11) is 1.87. The molecule has 0 unspecified atom stereocenters. The third-order valence-corrected chi connectivity index (χ3v) is 5.18. The van der Waals surface area contributed by atoms with E-state index in [-0.39, 0.29) is 5.41 Å². The molecule has 2 rings (SSSR count). The van der Waals surface area contributed by atoms with Gasteiger partial charge in [0.15, 0.2) is 5.96 Å². The molecule has 1 aromatic carbocycles. The third-order valence-electron chi connectivity index (χ3n) is 4.93. The van der Waals surface area contributed by atoms with Gasteiger partial charge in [-0.2, -0.15) is 5.10 Å². The molecule has 7 heteroatoms. The summed E-state index contributed by atoms with van der Waals surface area (Å²) in [6.45, 7) is 8.60. The first kappa shape index (κ1) is 20.2. The molecule has 0 radical (unpaired) electrons. The van der Waals surface area contributed by atoms with Crippen LogP contribution in [-0.2, 0) is 19.0 Å². The van der Waals surface area contributed by atoms with Crippen LogP contribution in [0.2, 0.25) is 5.02 Å². The lowest BCUT2D eigenvalue weighted by Gasteiger charge is -2.33. The molecule has 0 saturated carbocycles. The minimum atomic E-state index is 0.0333. The second kappa shape index (κ2) is 9.57. The van der Waals surface area contributed by atoms with Crippen molar-refractivity contribution in [1.82, 2.24) is 25.4 Å². The number of hydrogen-bond acceptors (Lipinski definition) is 3. The molecule has 0 aliphatic rings. The normalized spacial score (nSPS) is 12.3. The van der Waals surface area contributed by atoms with Crippen LogP contribution >= 0.6 is 11.6 Å². The Morgan fingerprint density at radius 1 is 1.15 bits per heavy atom. The molecule has 2 aromatic rings. The van der Waals surface area contributed by atoms with Gasteiger partial charge in [-0.1, -0.05) is 37.6 Å². The Kier molecular flexibility index (Phi) is 7.45. The summed E-state index contributed by atoms with van der Waals surface area (Å²) in [5.74, 6) is 1.62. The molecule has 1 heterocycles. The van der Waals surface area contributed by atoms with Crippen molar-refractivity contribution >= 4 is 17.6 Å². The standard InChI is InChI=1S/C19H29ClN6/c1-5-19(6-2,15-8-10-16(20)11-9-15)13-23-18(21-7-3)22-12-17-24-14-25-26(17)4/h8-11,14H,5-7,12-13H2,1-4H3,(H2,21,22,23). The second-order valence-corrected chi connectivity index (χ2v) is 6.78. The van der Waals surface area contributed by atoms with E-state index in [2.05, 4.69) is 58.6 Å². The number of guanidine groups is 1. The smallest absolute Gasteiger partial charge is 0.191 e. The lowest BCUT2D eigenvalue weighted by molar-refractivity contribution is 0.389. The number of nitrogens with one attached hydrogen (secondary N) is 2. The average molecular weight is 377 g/mol.